The summed E-state index contributed by atoms with van der Waals surface area (Å²) in [5.41, 5.74) is 2.80. The third kappa shape index (κ3) is 4.95. The summed E-state index contributed by atoms with van der Waals surface area (Å²) in [7, 11) is 3.71. The van der Waals surface area contributed by atoms with Crippen molar-refractivity contribution in [3.63, 3.8) is 0 Å². The summed E-state index contributed by atoms with van der Waals surface area (Å²) in [6.07, 6.45) is 1.33. The Bertz CT molecular complexity index is 333. The Labute approximate surface area is 102 Å². The molecule has 0 aliphatic carbocycles. The molecule has 0 saturated heterocycles. The molecule has 1 rings (SSSR count). The van der Waals surface area contributed by atoms with Gasteiger partial charge < -0.3 is 4.48 Å². The fourth-order valence-electron chi connectivity index (χ4n) is 2.53. The van der Waals surface area contributed by atoms with Crippen LogP contribution in [0.2, 0.25) is 19.6 Å². The van der Waals surface area contributed by atoms with Crippen LogP contribution in [0.15, 0.2) is 24.3 Å². The predicted octanol–water partition coefficient (Wildman–Crippen LogP) is 3.45. The maximum Gasteiger partial charge on any atom is 0.110 e. The highest BCUT2D eigenvalue weighted by Crippen LogP contribution is 2.14. The fourth-order valence-corrected chi connectivity index (χ4v) is 5.21. The normalized spacial score (nSPS) is 12.9. The van der Waals surface area contributed by atoms with E-state index in [1.807, 2.05) is 0 Å². The van der Waals surface area contributed by atoms with Gasteiger partial charge in [-0.1, -0.05) is 49.5 Å². The van der Waals surface area contributed by atoms with Crippen LogP contribution in [-0.4, -0.2) is 32.8 Å². The standard InChI is InChI=1S/C14H26NSi/c1-13-7-9-14(10-8-13)11-15(2,3)12-16(4,5)6/h7-10H,11-12H2,1-6H3/q+1. The van der Waals surface area contributed by atoms with E-state index >= 15 is 0 Å². The highest BCUT2D eigenvalue weighted by Gasteiger charge is 2.26. The third-order valence-electron chi connectivity index (χ3n) is 2.63. The molecule has 0 amide bonds. The van der Waals surface area contributed by atoms with Gasteiger partial charge in [0.2, 0.25) is 0 Å². The average Bonchev–Trinajstić information content (AvgIpc) is 2.04. The van der Waals surface area contributed by atoms with Gasteiger partial charge in [0.05, 0.1) is 20.3 Å². The van der Waals surface area contributed by atoms with E-state index in [2.05, 4.69) is 64.9 Å². The van der Waals surface area contributed by atoms with Crippen LogP contribution in [0.3, 0.4) is 0 Å². The first-order valence-corrected chi connectivity index (χ1v) is 9.76. The highest BCUT2D eigenvalue weighted by atomic mass is 28.3. The van der Waals surface area contributed by atoms with Crippen molar-refractivity contribution in [2.24, 2.45) is 0 Å². The lowest BCUT2D eigenvalue weighted by Gasteiger charge is -2.35. The van der Waals surface area contributed by atoms with Crippen LogP contribution in [-0.2, 0) is 6.54 Å². The number of benzene rings is 1. The van der Waals surface area contributed by atoms with Gasteiger partial charge in [-0.15, -0.1) is 0 Å². The van der Waals surface area contributed by atoms with Crippen molar-refractivity contribution in [1.82, 2.24) is 0 Å². The minimum Gasteiger partial charge on any atom is -0.328 e. The topological polar surface area (TPSA) is 0 Å². The summed E-state index contributed by atoms with van der Waals surface area (Å²) in [5, 5.41) is 0. The van der Waals surface area contributed by atoms with E-state index in [-0.39, 0.29) is 0 Å². The Balaban J connectivity index is 2.69. The van der Waals surface area contributed by atoms with Gasteiger partial charge in [0, 0.05) is 5.56 Å². The summed E-state index contributed by atoms with van der Waals surface area (Å²) in [5.74, 6) is 0. The molecule has 0 fully saturated rings. The molecule has 0 aliphatic heterocycles. The lowest BCUT2D eigenvalue weighted by atomic mass is 10.1. The predicted molar refractivity (Wildman–Crippen MR) is 75.2 cm³/mol. The van der Waals surface area contributed by atoms with Crippen molar-refractivity contribution < 1.29 is 4.48 Å². The molecule has 0 unspecified atom stereocenters. The first kappa shape index (κ1) is 13.5. The SMILES string of the molecule is Cc1ccc(C[N+](C)(C)C[Si](C)(C)C)cc1. The Morgan fingerprint density at radius 1 is 1.00 bits per heavy atom. The number of quaternary nitrogens is 1. The zero-order valence-corrected chi connectivity index (χ0v) is 12.7. The Morgan fingerprint density at radius 3 is 1.94 bits per heavy atom. The van der Waals surface area contributed by atoms with E-state index in [1.54, 1.807) is 0 Å². The third-order valence-corrected chi connectivity index (χ3v) is 4.44. The lowest BCUT2D eigenvalue weighted by molar-refractivity contribution is -0.894. The van der Waals surface area contributed by atoms with E-state index in [0.29, 0.717) is 0 Å². The number of nitrogens with zero attached hydrogens (tertiary/aromatic N) is 1. The Morgan fingerprint density at radius 2 is 1.50 bits per heavy atom. The minimum absolute atomic E-state index is 0.985. The van der Waals surface area contributed by atoms with Crippen LogP contribution >= 0.6 is 0 Å². The van der Waals surface area contributed by atoms with Gasteiger partial charge in [0.1, 0.15) is 14.6 Å². The molecule has 1 nitrogen and oxygen atoms in total. The summed E-state index contributed by atoms with van der Waals surface area (Å²) < 4.78 is 1.11. The maximum absolute atomic E-state index is 2.45. The zero-order valence-electron chi connectivity index (χ0n) is 11.7. The molecule has 0 heterocycles. The summed E-state index contributed by atoms with van der Waals surface area (Å²) in [4.78, 5) is 0. The lowest BCUT2D eigenvalue weighted by Crippen LogP contribution is -2.49. The number of hydrogen-bond donors (Lipinski definition) is 0. The molecule has 0 aromatic heterocycles. The van der Waals surface area contributed by atoms with Gasteiger partial charge in [-0.05, 0) is 6.92 Å². The van der Waals surface area contributed by atoms with Crippen LogP contribution in [0.4, 0.5) is 0 Å². The first-order chi connectivity index (χ1) is 7.18. The largest absolute Gasteiger partial charge is 0.328 e. The average molecular weight is 236 g/mol. The maximum atomic E-state index is 2.45. The second kappa shape index (κ2) is 4.72. The van der Waals surface area contributed by atoms with E-state index < -0.39 is 8.07 Å². The quantitative estimate of drug-likeness (QED) is 0.555. The van der Waals surface area contributed by atoms with E-state index in [4.69, 9.17) is 0 Å². The molecule has 2 heteroatoms. The van der Waals surface area contributed by atoms with E-state index in [9.17, 15) is 0 Å². The molecule has 0 spiro atoms. The second-order valence-electron chi connectivity index (χ2n) is 6.80. The van der Waals surface area contributed by atoms with Gasteiger partial charge >= 0.3 is 0 Å². The summed E-state index contributed by atoms with van der Waals surface area (Å²) in [6.45, 7) is 10.6. The van der Waals surface area contributed by atoms with E-state index in [1.165, 1.54) is 17.3 Å². The highest BCUT2D eigenvalue weighted by molar-refractivity contribution is 6.75. The molecule has 0 saturated carbocycles. The Kier molecular flexibility index (Phi) is 3.97. The zero-order chi connectivity index (χ0) is 12.4. The van der Waals surface area contributed by atoms with Crippen molar-refractivity contribution in [3.05, 3.63) is 35.4 Å². The van der Waals surface area contributed by atoms with Crippen molar-refractivity contribution in [1.29, 1.82) is 0 Å². The molecule has 1 aromatic rings. The fraction of sp³-hybridized carbons (Fsp3) is 0.571. The number of aryl methyl sites for hydroxylation is 1. The van der Waals surface area contributed by atoms with Crippen LogP contribution in [0.5, 0.6) is 0 Å². The molecule has 0 atom stereocenters. The van der Waals surface area contributed by atoms with Gasteiger partial charge in [0.15, 0.2) is 0 Å². The molecule has 0 N–H and O–H groups in total. The van der Waals surface area contributed by atoms with Crippen molar-refractivity contribution in [2.45, 2.75) is 33.1 Å². The molecular formula is C14H26NSi+. The summed E-state index contributed by atoms with van der Waals surface area (Å²) >= 11 is 0. The van der Waals surface area contributed by atoms with Gasteiger partial charge in [-0.25, -0.2) is 0 Å². The first-order valence-electron chi connectivity index (χ1n) is 6.06. The molecule has 0 radical (unpaired) electrons. The molecule has 16 heavy (non-hydrogen) atoms. The molecule has 0 bridgehead atoms. The smallest absolute Gasteiger partial charge is 0.110 e. The minimum atomic E-state index is -0.985. The van der Waals surface area contributed by atoms with Gasteiger partial charge in [-0.3, -0.25) is 0 Å². The van der Waals surface area contributed by atoms with Crippen LogP contribution < -0.4 is 0 Å². The van der Waals surface area contributed by atoms with Crippen LogP contribution in [0, 0.1) is 6.92 Å². The van der Waals surface area contributed by atoms with Crippen molar-refractivity contribution in [2.75, 3.05) is 20.3 Å². The number of hydrogen-bond acceptors (Lipinski definition) is 0. The Hall–Kier alpha value is -0.603. The molecule has 0 aliphatic rings. The van der Waals surface area contributed by atoms with E-state index in [0.717, 1.165) is 11.0 Å². The second-order valence-corrected chi connectivity index (χ2v) is 12.2. The van der Waals surface area contributed by atoms with Crippen molar-refractivity contribution >= 4 is 8.07 Å². The monoisotopic (exact) mass is 236 g/mol. The molecular weight excluding hydrogens is 210 g/mol. The molecule has 1 aromatic carbocycles. The van der Waals surface area contributed by atoms with Crippen molar-refractivity contribution in [3.8, 4) is 0 Å². The summed E-state index contributed by atoms with van der Waals surface area (Å²) in [6, 6.07) is 8.95. The van der Waals surface area contributed by atoms with Gasteiger partial charge in [0.25, 0.3) is 0 Å². The van der Waals surface area contributed by atoms with Crippen LogP contribution in [0.1, 0.15) is 11.1 Å². The number of rotatable bonds is 4. The molecule has 90 valence electrons. The van der Waals surface area contributed by atoms with Gasteiger partial charge in [-0.2, -0.15) is 0 Å². The van der Waals surface area contributed by atoms with Crippen LogP contribution in [0.25, 0.3) is 0 Å².